The average molecular weight is 513 g/mol. The van der Waals surface area contributed by atoms with Gasteiger partial charge < -0.3 is 10.2 Å². The van der Waals surface area contributed by atoms with E-state index >= 15 is 0 Å². The molecule has 4 heteroatoms. The first-order valence-electron chi connectivity index (χ1n) is 15.0. The van der Waals surface area contributed by atoms with Gasteiger partial charge in [-0.25, -0.2) is 0 Å². The standard InChI is InChI=1S/C18H23N3.C16H25N/c1-13-12-20-14(2)18(21-13)11-15-3-5-16(6-4-15)17-7-9-19-10-8-17;1-3-5-6-11-17-12-7-8-15-10-9-14(4-2)13-16(15)17/h3-6,12,17,19H,7-11H2,1-2H3;9-10,13H,3-8,11-12H2,1-2H3. The molecule has 1 saturated heterocycles. The zero-order valence-corrected chi connectivity index (χ0v) is 24.2. The van der Waals surface area contributed by atoms with Crippen LogP contribution in [-0.2, 0) is 19.3 Å². The van der Waals surface area contributed by atoms with E-state index in [-0.39, 0.29) is 0 Å². The molecule has 38 heavy (non-hydrogen) atoms. The number of hydrogen-bond acceptors (Lipinski definition) is 4. The molecule has 3 aromatic rings. The van der Waals surface area contributed by atoms with Crippen LogP contribution in [0.4, 0.5) is 5.69 Å². The molecule has 4 nitrogen and oxygen atoms in total. The fourth-order valence-electron chi connectivity index (χ4n) is 5.71. The summed E-state index contributed by atoms with van der Waals surface area (Å²) >= 11 is 0. The maximum Gasteiger partial charge on any atom is 0.0662 e. The molecule has 2 aliphatic heterocycles. The van der Waals surface area contributed by atoms with Gasteiger partial charge in [0.15, 0.2) is 0 Å². The molecule has 0 aliphatic carbocycles. The van der Waals surface area contributed by atoms with Crippen LogP contribution in [0.3, 0.4) is 0 Å². The van der Waals surface area contributed by atoms with Crippen molar-refractivity contribution >= 4 is 5.69 Å². The summed E-state index contributed by atoms with van der Waals surface area (Å²) in [7, 11) is 0. The lowest BCUT2D eigenvalue weighted by Gasteiger charge is -2.32. The van der Waals surface area contributed by atoms with E-state index in [1.165, 1.54) is 80.4 Å². The molecule has 0 spiro atoms. The fourth-order valence-corrected chi connectivity index (χ4v) is 5.71. The molecule has 5 rings (SSSR count). The lowest BCUT2D eigenvalue weighted by Crippen LogP contribution is -2.30. The Morgan fingerprint density at radius 1 is 0.947 bits per heavy atom. The number of aryl methyl sites for hydroxylation is 4. The zero-order chi connectivity index (χ0) is 26.7. The van der Waals surface area contributed by atoms with Gasteiger partial charge in [-0.05, 0) is 99.7 Å². The SMILES string of the molecule is CCCCCN1CCCc2ccc(CC)cc21.Cc1cnc(C)c(Cc2ccc(C3CCNCC3)cc2)n1. The molecule has 0 unspecified atom stereocenters. The highest BCUT2D eigenvalue weighted by molar-refractivity contribution is 5.57. The van der Waals surface area contributed by atoms with Crippen molar-refractivity contribution in [2.24, 2.45) is 0 Å². The van der Waals surface area contributed by atoms with Crippen molar-refractivity contribution in [3.8, 4) is 0 Å². The second-order valence-electron chi connectivity index (χ2n) is 11.1. The number of piperidine rings is 1. The molecule has 3 heterocycles. The van der Waals surface area contributed by atoms with Crippen LogP contribution in [0.2, 0.25) is 0 Å². The summed E-state index contributed by atoms with van der Waals surface area (Å²) in [5, 5.41) is 3.42. The van der Waals surface area contributed by atoms with E-state index in [0.29, 0.717) is 0 Å². The Kier molecular flexibility index (Phi) is 10.7. The summed E-state index contributed by atoms with van der Waals surface area (Å²) in [6.07, 6.45) is 13.0. The number of anilines is 1. The first-order valence-corrected chi connectivity index (χ1v) is 15.0. The minimum Gasteiger partial charge on any atom is -0.371 e. The summed E-state index contributed by atoms with van der Waals surface area (Å²) < 4.78 is 0. The summed E-state index contributed by atoms with van der Waals surface area (Å²) in [5.74, 6) is 0.723. The first-order chi connectivity index (χ1) is 18.6. The predicted octanol–water partition coefficient (Wildman–Crippen LogP) is 7.34. The quantitative estimate of drug-likeness (QED) is 0.321. The topological polar surface area (TPSA) is 41.1 Å². The Balaban J connectivity index is 0.000000181. The number of hydrogen-bond donors (Lipinski definition) is 1. The predicted molar refractivity (Wildman–Crippen MR) is 161 cm³/mol. The molecule has 1 N–H and O–H groups in total. The normalized spacial score (nSPS) is 15.5. The molecule has 0 saturated carbocycles. The van der Waals surface area contributed by atoms with Crippen LogP contribution in [0.5, 0.6) is 0 Å². The second-order valence-corrected chi connectivity index (χ2v) is 11.1. The Morgan fingerprint density at radius 3 is 2.45 bits per heavy atom. The first kappa shape index (κ1) is 28.3. The molecule has 0 bridgehead atoms. The van der Waals surface area contributed by atoms with Gasteiger partial charge in [-0.1, -0.05) is 63.1 Å². The van der Waals surface area contributed by atoms with E-state index in [0.717, 1.165) is 48.9 Å². The van der Waals surface area contributed by atoms with Crippen LogP contribution in [-0.4, -0.2) is 36.1 Å². The van der Waals surface area contributed by atoms with E-state index in [9.17, 15) is 0 Å². The van der Waals surface area contributed by atoms with E-state index < -0.39 is 0 Å². The van der Waals surface area contributed by atoms with Gasteiger partial charge in [0.1, 0.15) is 0 Å². The highest BCUT2D eigenvalue weighted by Gasteiger charge is 2.17. The third kappa shape index (κ3) is 7.89. The van der Waals surface area contributed by atoms with Gasteiger partial charge in [0, 0.05) is 31.4 Å². The third-order valence-electron chi connectivity index (χ3n) is 8.14. The van der Waals surface area contributed by atoms with Crippen molar-refractivity contribution in [1.82, 2.24) is 15.3 Å². The second kappa shape index (κ2) is 14.4. The van der Waals surface area contributed by atoms with Crippen LogP contribution in [0.15, 0.2) is 48.7 Å². The van der Waals surface area contributed by atoms with Gasteiger partial charge >= 0.3 is 0 Å². The highest BCUT2D eigenvalue weighted by Crippen LogP contribution is 2.29. The Labute approximate surface area is 231 Å². The molecular formula is C34H48N4. The lowest BCUT2D eigenvalue weighted by atomic mass is 9.89. The van der Waals surface area contributed by atoms with Crippen LogP contribution in [0.1, 0.15) is 97.6 Å². The molecular weight excluding hydrogens is 464 g/mol. The van der Waals surface area contributed by atoms with Gasteiger partial charge in [0.25, 0.3) is 0 Å². The van der Waals surface area contributed by atoms with Crippen molar-refractivity contribution in [2.75, 3.05) is 31.1 Å². The highest BCUT2D eigenvalue weighted by atomic mass is 15.1. The van der Waals surface area contributed by atoms with Gasteiger partial charge in [0.2, 0.25) is 0 Å². The van der Waals surface area contributed by atoms with Crippen molar-refractivity contribution in [3.05, 3.63) is 88.0 Å². The summed E-state index contributed by atoms with van der Waals surface area (Å²) in [6, 6.07) is 16.2. The van der Waals surface area contributed by atoms with Crippen molar-refractivity contribution in [1.29, 1.82) is 0 Å². The zero-order valence-electron chi connectivity index (χ0n) is 24.2. The smallest absolute Gasteiger partial charge is 0.0662 e. The minimum atomic E-state index is 0.723. The number of benzene rings is 2. The number of nitrogens with one attached hydrogen (secondary N) is 1. The van der Waals surface area contributed by atoms with Crippen LogP contribution in [0.25, 0.3) is 0 Å². The third-order valence-corrected chi connectivity index (χ3v) is 8.14. The van der Waals surface area contributed by atoms with Gasteiger partial charge in [0.05, 0.1) is 17.1 Å². The van der Waals surface area contributed by atoms with E-state index in [2.05, 4.69) is 76.5 Å². The Morgan fingerprint density at radius 2 is 1.71 bits per heavy atom. The maximum absolute atomic E-state index is 4.61. The molecule has 2 aromatic carbocycles. The minimum absolute atomic E-state index is 0.723. The summed E-state index contributed by atoms with van der Waals surface area (Å²) in [6.45, 7) is 13.3. The number of fused-ring (bicyclic) bond motifs is 1. The maximum atomic E-state index is 4.61. The van der Waals surface area contributed by atoms with Crippen LogP contribution >= 0.6 is 0 Å². The van der Waals surface area contributed by atoms with Gasteiger partial charge in [-0.2, -0.15) is 0 Å². The fraction of sp³-hybridized carbons (Fsp3) is 0.529. The molecule has 1 fully saturated rings. The molecule has 0 amide bonds. The van der Waals surface area contributed by atoms with Crippen molar-refractivity contribution in [2.45, 2.75) is 91.4 Å². The number of nitrogens with zero attached hydrogens (tertiary/aromatic N) is 3. The summed E-state index contributed by atoms with van der Waals surface area (Å²) in [5.41, 5.74) is 10.5. The van der Waals surface area contributed by atoms with E-state index in [4.69, 9.17) is 0 Å². The van der Waals surface area contributed by atoms with E-state index in [1.807, 2.05) is 20.0 Å². The number of aromatic nitrogens is 2. The van der Waals surface area contributed by atoms with Crippen LogP contribution in [0, 0.1) is 13.8 Å². The monoisotopic (exact) mass is 512 g/mol. The molecule has 1 aromatic heterocycles. The van der Waals surface area contributed by atoms with Gasteiger partial charge in [-0.15, -0.1) is 0 Å². The van der Waals surface area contributed by atoms with Gasteiger partial charge in [-0.3, -0.25) is 9.97 Å². The molecule has 2 aliphatic rings. The number of rotatable bonds is 8. The number of unbranched alkanes of at least 4 members (excludes halogenated alkanes) is 2. The van der Waals surface area contributed by atoms with E-state index in [1.54, 1.807) is 5.56 Å². The molecule has 0 radical (unpaired) electrons. The summed E-state index contributed by atoms with van der Waals surface area (Å²) in [4.78, 5) is 11.6. The average Bonchev–Trinajstić information content (AvgIpc) is 2.96. The molecule has 0 atom stereocenters. The van der Waals surface area contributed by atoms with Crippen molar-refractivity contribution in [3.63, 3.8) is 0 Å². The Hall–Kier alpha value is -2.72. The lowest BCUT2D eigenvalue weighted by molar-refractivity contribution is 0.460. The molecule has 204 valence electrons. The van der Waals surface area contributed by atoms with Crippen molar-refractivity contribution < 1.29 is 0 Å². The largest absolute Gasteiger partial charge is 0.371 e. The Bertz CT molecular complexity index is 1130. The van der Waals surface area contributed by atoms with Crippen LogP contribution < -0.4 is 10.2 Å².